The summed E-state index contributed by atoms with van der Waals surface area (Å²) in [5.41, 5.74) is 2.01. The van der Waals surface area contributed by atoms with Gasteiger partial charge in [-0.1, -0.05) is 6.07 Å². The highest BCUT2D eigenvalue weighted by atomic mass is 16.5. The molecule has 0 bridgehead atoms. The van der Waals surface area contributed by atoms with Gasteiger partial charge in [0.2, 0.25) is 5.91 Å². The molecule has 0 aromatic carbocycles. The number of methoxy groups -OCH3 is 1. The average Bonchev–Trinajstić information content (AvgIpc) is 2.51. The highest BCUT2D eigenvalue weighted by molar-refractivity contribution is 5.78. The van der Waals surface area contributed by atoms with Crippen molar-refractivity contribution in [3.63, 3.8) is 0 Å². The molecular weight excluding hydrogens is 296 g/mol. The molecule has 1 aromatic heterocycles. The molecule has 1 spiro atoms. The van der Waals surface area contributed by atoms with Crippen LogP contribution in [0.1, 0.15) is 24.0 Å². The standard InChI is InChI=1S/C17H24N2O4/c1-13-5-14(8-18-7-13)9-22-15-3-4-23-17(6-15)11-19(12-17)16(20)10-21-2/h5,7-8,15H,3-4,6,9-12H2,1-2H3/t15-/m1/s1. The van der Waals surface area contributed by atoms with Crippen molar-refractivity contribution in [2.24, 2.45) is 0 Å². The Labute approximate surface area is 136 Å². The number of aromatic nitrogens is 1. The molecule has 2 aliphatic heterocycles. The predicted octanol–water partition coefficient (Wildman–Crippen LogP) is 1.31. The zero-order chi connectivity index (χ0) is 16.3. The number of rotatable bonds is 5. The number of pyridine rings is 1. The van der Waals surface area contributed by atoms with Crippen LogP contribution in [0.2, 0.25) is 0 Å². The van der Waals surface area contributed by atoms with Crippen molar-refractivity contribution < 1.29 is 19.0 Å². The largest absolute Gasteiger partial charge is 0.375 e. The first-order chi connectivity index (χ1) is 11.1. The number of hydrogen-bond acceptors (Lipinski definition) is 5. The molecule has 0 aliphatic carbocycles. The lowest BCUT2D eigenvalue weighted by Crippen LogP contribution is -2.67. The summed E-state index contributed by atoms with van der Waals surface area (Å²) in [6, 6.07) is 2.09. The maximum absolute atomic E-state index is 11.8. The molecular formula is C17H24N2O4. The van der Waals surface area contributed by atoms with Gasteiger partial charge in [0, 0.05) is 32.5 Å². The summed E-state index contributed by atoms with van der Waals surface area (Å²) in [7, 11) is 1.54. The van der Waals surface area contributed by atoms with Gasteiger partial charge in [-0.15, -0.1) is 0 Å². The minimum Gasteiger partial charge on any atom is -0.375 e. The van der Waals surface area contributed by atoms with Crippen LogP contribution in [0.4, 0.5) is 0 Å². The van der Waals surface area contributed by atoms with E-state index in [0.717, 1.165) is 24.0 Å². The number of likely N-dealkylation sites (tertiary alicyclic amines) is 1. The molecule has 3 rings (SSSR count). The normalized spacial score (nSPS) is 22.9. The third kappa shape index (κ3) is 3.88. The van der Waals surface area contributed by atoms with E-state index < -0.39 is 0 Å². The molecule has 0 unspecified atom stereocenters. The summed E-state index contributed by atoms with van der Waals surface area (Å²) in [5, 5.41) is 0. The molecule has 126 valence electrons. The Morgan fingerprint density at radius 3 is 3.04 bits per heavy atom. The lowest BCUT2D eigenvalue weighted by atomic mass is 9.84. The van der Waals surface area contributed by atoms with Crippen molar-refractivity contribution in [1.82, 2.24) is 9.88 Å². The first-order valence-corrected chi connectivity index (χ1v) is 8.03. The van der Waals surface area contributed by atoms with E-state index in [1.807, 2.05) is 19.3 Å². The molecule has 6 heteroatoms. The van der Waals surface area contributed by atoms with Gasteiger partial charge >= 0.3 is 0 Å². The molecule has 1 atom stereocenters. The topological polar surface area (TPSA) is 60.9 Å². The maximum atomic E-state index is 11.8. The van der Waals surface area contributed by atoms with Crippen LogP contribution in [0.5, 0.6) is 0 Å². The molecule has 3 heterocycles. The van der Waals surface area contributed by atoms with E-state index in [0.29, 0.717) is 26.3 Å². The molecule has 0 radical (unpaired) electrons. The van der Waals surface area contributed by atoms with E-state index in [4.69, 9.17) is 14.2 Å². The van der Waals surface area contributed by atoms with Crippen molar-refractivity contribution in [3.8, 4) is 0 Å². The first kappa shape index (κ1) is 16.4. The number of aryl methyl sites for hydroxylation is 1. The first-order valence-electron chi connectivity index (χ1n) is 8.03. The third-order valence-electron chi connectivity index (χ3n) is 4.44. The van der Waals surface area contributed by atoms with Gasteiger partial charge in [-0.2, -0.15) is 0 Å². The SMILES string of the molecule is COCC(=O)N1CC2(C[C@H](OCc3cncc(C)c3)CCO2)C1. The van der Waals surface area contributed by atoms with Crippen LogP contribution in [-0.4, -0.2) is 60.9 Å². The second-order valence-electron chi connectivity index (χ2n) is 6.51. The highest BCUT2D eigenvalue weighted by Gasteiger charge is 2.49. The van der Waals surface area contributed by atoms with Crippen LogP contribution in [0, 0.1) is 6.92 Å². The van der Waals surface area contributed by atoms with Crippen LogP contribution >= 0.6 is 0 Å². The smallest absolute Gasteiger partial charge is 0.248 e. The van der Waals surface area contributed by atoms with Gasteiger partial charge in [0.1, 0.15) is 12.2 Å². The van der Waals surface area contributed by atoms with Gasteiger partial charge < -0.3 is 19.1 Å². The van der Waals surface area contributed by atoms with E-state index in [1.165, 1.54) is 7.11 Å². The van der Waals surface area contributed by atoms with Gasteiger partial charge in [0.05, 0.1) is 25.8 Å². The van der Waals surface area contributed by atoms with E-state index >= 15 is 0 Å². The van der Waals surface area contributed by atoms with Gasteiger partial charge in [0.25, 0.3) is 0 Å². The zero-order valence-corrected chi connectivity index (χ0v) is 13.8. The Morgan fingerprint density at radius 1 is 1.48 bits per heavy atom. The molecule has 2 saturated heterocycles. The average molecular weight is 320 g/mol. The van der Waals surface area contributed by atoms with Crippen LogP contribution in [0.3, 0.4) is 0 Å². The molecule has 2 aliphatic rings. The fraction of sp³-hybridized carbons (Fsp3) is 0.647. The number of hydrogen-bond donors (Lipinski definition) is 0. The summed E-state index contributed by atoms with van der Waals surface area (Å²) in [6.45, 7) is 4.70. The van der Waals surface area contributed by atoms with Crippen molar-refractivity contribution in [1.29, 1.82) is 0 Å². The molecule has 1 aromatic rings. The van der Waals surface area contributed by atoms with Gasteiger partial charge in [0.15, 0.2) is 0 Å². The minimum absolute atomic E-state index is 0.0237. The number of ether oxygens (including phenoxy) is 3. The fourth-order valence-electron chi connectivity index (χ4n) is 3.30. The molecule has 6 nitrogen and oxygen atoms in total. The third-order valence-corrected chi connectivity index (χ3v) is 4.44. The minimum atomic E-state index is -0.225. The molecule has 23 heavy (non-hydrogen) atoms. The molecule has 1 amide bonds. The monoisotopic (exact) mass is 320 g/mol. The Hall–Kier alpha value is -1.50. The van der Waals surface area contributed by atoms with Crippen molar-refractivity contribution in [2.75, 3.05) is 33.4 Å². The Morgan fingerprint density at radius 2 is 2.30 bits per heavy atom. The predicted molar refractivity (Wildman–Crippen MR) is 83.9 cm³/mol. The van der Waals surface area contributed by atoms with E-state index in [-0.39, 0.29) is 24.2 Å². The Bertz CT molecular complexity index is 557. The Balaban J connectivity index is 1.49. The molecule has 2 fully saturated rings. The van der Waals surface area contributed by atoms with E-state index in [2.05, 4.69) is 11.1 Å². The zero-order valence-electron chi connectivity index (χ0n) is 13.8. The van der Waals surface area contributed by atoms with Crippen molar-refractivity contribution in [2.45, 2.75) is 38.1 Å². The highest BCUT2D eigenvalue weighted by Crippen LogP contribution is 2.35. The van der Waals surface area contributed by atoms with Crippen LogP contribution in [-0.2, 0) is 25.6 Å². The van der Waals surface area contributed by atoms with Crippen LogP contribution < -0.4 is 0 Å². The molecule has 0 N–H and O–H groups in total. The second kappa shape index (κ2) is 6.95. The molecule has 0 saturated carbocycles. The fourth-order valence-corrected chi connectivity index (χ4v) is 3.30. The summed E-state index contributed by atoms with van der Waals surface area (Å²) >= 11 is 0. The quantitative estimate of drug-likeness (QED) is 0.819. The summed E-state index contributed by atoms with van der Waals surface area (Å²) in [5.74, 6) is 0.0237. The van der Waals surface area contributed by atoms with Gasteiger partial charge in [-0.25, -0.2) is 0 Å². The number of carbonyl (C=O) groups excluding carboxylic acids is 1. The van der Waals surface area contributed by atoms with Gasteiger partial charge in [-0.3, -0.25) is 9.78 Å². The number of carbonyl (C=O) groups is 1. The number of nitrogens with zero attached hydrogens (tertiary/aromatic N) is 2. The van der Waals surface area contributed by atoms with Crippen molar-refractivity contribution >= 4 is 5.91 Å². The van der Waals surface area contributed by atoms with Crippen LogP contribution in [0.25, 0.3) is 0 Å². The van der Waals surface area contributed by atoms with E-state index in [1.54, 1.807) is 4.90 Å². The van der Waals surface area contributed by atoms with Crippen LogP contribution in [0.15, 0.2) is 18.5 Å². The number of amides is 1. The lowest BCUT2D eigenvalue weighted by Gasteiger charge is -2.52. The lowest BCUT2D eigenvalue weighted by molar-refractivity contribution is -0.203. The second-order valence-corrected chi connectivity index (χ2v) is 6.51. The maximum Gasteiger partial charge on any atom is 0.248 e. The Kier molecular flexibility index (Phi) is 4.94. The summed E-state index contributed by atoms with van der Waals surface area (Å²) in [4.78, 5) is 17.8. The van der Waals surface area contributed by atoms with Gasteiger partial charge in [-0.05, 0) is 24.5 Å². The van der Waals surface area contributed by atoms with E-state index in [9.17, 15) is 4.79 Å². The summed E-state index contributed by atoms with van der Waals surface area (Å²) in [6.07, 6.45) is 5.59. The summed E-state index contributed by atoms with van der Waals surface area (Å²) < 4.78 is 16.9. The van der Waals surface area contributed by atoms with Crippen molar-refractivity contribution in [3.05, 3.63) is 29.6 Å².